The van der Waals surface area contributed by atoms with E-state index in [4.69, 9.17) is 16.6 Å². The predicted octanol–water partition coefficient (Wildman–Crippen LogP) is -1.10. The summed E-state index contributed by atoms with van der Waals surface area (Å²) in [6.07, 6.45) is 0.00759. The molecule has 1 unspecified atom stereocenters. The maximum absolute atomic E-state index is 12.0. The van der Waals surface area contributed by atoms with Crippen molar-refractivity contribution in [2.75, 3.05) is 0 Å². The summed E-state index contributed by atoms with van der Waals surface area (Å²) in [7, 11) is 0. The molecule has 9 heteroatoms. The summed E-state index contributed by atoms with van der Waals surface area (Å²) in [5.74, 6) is -2.53. The maximum Gasteiger partial charge on any atom is 0.326 e. The van der Waals surface area contributed by atoms with E-state index in [2.05, 4.69) is 10.6 Å². The molecular formula is C12H22N4O5. The van der Waals surface area contributed by atoms with Crippen LogP contribution in [-0.4, -0.2) is 41.0 Å². The highest BCUT2D eigenvalue weighted by Crippen LogP contribution is 2.06. The summed E-state index contributed by atoms with van der Waals surface area (Å²) in [4.78, 5) is 44.6. The van der Waals surface area contributed by atoms with E-state index >= 15 is 0 Å². The first kappa shape index (κ1) is 18.7. The Balaban J connectivity index is 4.76. The number of hydrogen-bond donors (Lipinski definition) is 5. The molecule has 4 amide bonds. The van der Waals surface area contributed by atoms with E-state index in [1.54, 1.807) is 0 Å². The molecule has 0 rings (SSSR count). The van der Waals surface area contributed by atoms with Gasteiger partial charge in [-0.1, -0.05) is 13.8 Å². The van der Waals surface area contributed by atoms with E-state index in [-0.39, 0.29) is 18.8 Å². The Bertz CT molecular complexity index is 410. The highest BCUT2D eigenvalue weighted by molar-refractivity contribution is 5.90. The molecule has 0 aromatic rings. The van der Waals surface area contributed by atoms with E-state index in [0.29, 0.717) is 6.42 Å². The fraction of sp³-hybridized carbons (Fsp3) is 0.667. The zero-order valence-corrected chi connectivity index (χ0v) is 12.1. The van der Waals surface area contributed by atoms with Gasteiger partial charge in [-0.3, -0.25) is 9.59 Å². The number of nitrogens with one attached hydrogen (secondary N) is 2. The molecule has 0 spiro atoms. The van der Waals surface area contributed by atoms with Crippen molar-refractivity contribution in [2.24, 2.45) is 17.4 Å². The Hall–Kier alpha value is -2.32. The Kier molecular flexibility index (Phi) is 7.80. The number of urea groups is 1. The van der Waals surface area contributed by atoms with E-state index < -0.39 is 35.9 Å². The van der Waals surface area contributed by atoms with E-state index in [9.17, 15) is 19.2 Å². The molecule has 0 aromatic carbocycles. The summed E-state index contributed by atoms with van der Waals surface area (Å²) in [6.45, 7) is 3.68. The van der Waals surface area contributed by atoms with Crippen molar-refractivity contribution in [1.82, 2.24) is 10.6 Å². The number of aliphatic carboxylic acids is 1. The van der Waals surface area contributed by atoms with Gasteiger partial charge in [-0.15, -0.1) is 0 Å². The quantitative estimate of drug-likeness (QED) is 0.364. The van der Waals surface area contributed by atoms with Crippen molar-refractivity contribution in [3.63, 3.8) is 0 Å². The molecule has 0 heterocycles. The molecule has 21 heavy (non-hydrogen) atoms. The van der Waals surface area contributed by atoms with Crippen LogP contribution in [0, 0.1) is 5.92 Å². The van der Waals surface area contributed by atoms with Crippen LogP contribution in [0.2, 0.25) is 0 Å². The van der Waals surface area contributed by atoms with Crippen LogP contribution in [0.15, 0.2) is 0 Å². The highest BCUT2D eigenvalue weighted by atomic mass is 16.4. The standard InChI is InChI=1S/C12H22N4O5/c1-6(2)5-8(16-12(14)21)10(18)15-7(11(19)20)3-4-9(13)17/h6-8H,3-5H2,1-2H3,(H2,13,17)(H,15,18)(H,19,20)(H3,14,16,21)/t7-,8?/m0/s1. The van der Waals surface area contributed by atoms with Crippen LogP contribution in [0.4, 0.5) is 4.79 Å². The van der Waals surface area contributed by atoms with Crippen LogP contribution in [0.25, 0.3) is 0 Å². The number of rotatable bonds is 9. The number of carboxylic acid groups (broad SMARTS) is 1. The first-order valence-electron chi connectivity index (χ1n) is 6.51. The van der Waals surface area contributed by atoms with Crippen molar-refractivity contribution < 1.29 is 24.3 Å². The van der Waals surface area contributed by atoms with Gasteiger partial charge in [0.05, 0.1) is 0 Å². The maximum atomic E-state index is 12.0. The third-order valence-electron chi connectivity index (χ3n) is 2.63. The molecule has 9 nitrogen and oxygen atoms in total. The van der Waals surface area contributed by atoms with E-state index in [1.165, 1.54) is 0 Å². The monoisotopic (exact) mass is 302 g/mol. The average molecular weight is 302 g/mol. The van der Waals surface area contributed by atoms with Crippen LogP contribution >= 0.6 is 0 Å². The smallest absolute Gasteiger partial charge is 0.326 e. The van der Waals surface area contributed by atoms with Gasteiger partial charge in [-0.2, -0.15) is 0 Å². The van der Waals surface area contributed by atoms with Crippen LogP contribution in [-0.2, 0) is 14.4 Å². The first-order valence-corrected chi connectivity index (χ1v) is 6.51. The topological polar surface area (TPSA) is 165 Å². The van der Waals surface area contributed by atoms with Gasteiger partial charge in [-0.25, -0.2) is 9.59 Å². The summed E-state index contributed by atoms with van der Waals surface area (Å²) in [5, 5.41) is 13.5. The lowest BCUT2D eigenvalue weighted by atomic mass is 10.0. The molecule has 0 fully saturated rings. The van der Waals surface area contributed by atoms with Crippen molar-refractivity contribution in [3.8, 4) is 0 Å². The molecule has 7 N–H and O–H groups in total. The van der Waals surface area contributed by atoms with Gasteiger partial charge < -0.3 is 27.2 Å². The van der Waals surface area contributed by atoms with Gasteiger partial charge in [0.1, 0.15) is 12.1 Å². The van der Waals surface area contributed by atoms with Gasteiger partial charge in [0.2, 0.25) is 11.8 Å². The number of hydrogen-bond acceptors (Lipinski definition) is 4. The second kappa shape index (κ2) is 8.77. The van der Waals surface area contributed by atoms with Gasteiger partial charge in [0, 0.05) is 6.42 Å². The zero-order valence-electron chi connectivity index (χ0n) is 12.1. The summed E-state index contributed by atoms with van der Waals surface area (Å²) in [6, 6.07) is -3.06. The zero-order chi connectivity index (χ0) is 16.6. The predicted molar refractivity (Wildman–Crippen MR) is 74.0 cm³/mol. The Morgan fingerprint density at radius 3 is 2.00 bits per heavy atom. The molecule has 0 saturated heterocycles. The molecule has 2 atom stereocenters. The van der Waals surface area contributed by atoms with E-state index in [0.717, 1.165) is 0 Å². The van der Waals surface area contributed by atoms with Gasteiger partial charge in [0.15, 0.2) is 0 Å². The third kappa shape index (κ3) is 8.45. The number of carbonyl (C=O) groups is 4. The molecule has 0 saturated carbocycles. The third-order valence-corrected chi connectivity index (χ3v) is 2.63. The molecule has 0 aliphatic rings. The van der Waals surface area contributed by atoms with Gasteiger partial charge >= 0.3 is 12.0 Å². The largest absolute Gasteiger partial charge is 0.480 e. The summed E-state index contributed by atoms with van der Waals surface area (Å²) in [5.41, 5.74) is 9.93. The molecule has 0 radical (unpaired) electrons. The van der Waals surface area contributed by atoms with Gasteiger partial charge in [0.25, 0.3) is 0 Å². The van der Waals surface area contributed by atoms with Crippen LogP contribution in [0.5, 0.6) is 0 Å². The lowest BCUT2D eigenvalue weighted by molar-refractivity contribution is -0.142. The number of carboxylic acids is 1. The van der Waals surface area contributed by atoms with Crippen molar-refractivity contribution in [1.29, 1.82) is 0 Å². The SMILES string of the molecule is CC(C)CC(NC(N)=O)C(=O)N[C@@H](CCC(N)=O)C(=O)O. The van der Waals surface area contributed by atoms with Crippen molar-refractivity contribution >= 4 is 23.8 Å². The molecule has 120 valence electrons. The van der Waals surface area contributed by atoms with Crippen LogP contribution < -0.4 is 22.1 Å². The summed E-state index contributed by atoms with van der Waals surface area (Å²) >= 11 is 0. The fourth-order valence-corrected chi connectivity index (χ4v) is 1.69. The lowest BCUT2D eigenvalue weighted by Gasteiger charge is -2.21. The minimum atomic E-state index is -1.29. The Morgan fingerprint density at radius 2 is 1.62 bits per heavy atom. The molecule has 0 bridgehead atoms. The van der Waals surface area contributed by atoms with Crippen molar-refractivity contribution in [3.05, 3.63) is 0 Å². The first-order chi connectivity index (χ1) is 9.63. The Labute approximate surface area is 122 Å². The summed E-state index contributed by atoms with van der Waals surface area (Å²) < 4.78 is 0. The molecule has 0 aliphatic heterocycles. The minimum absolute atomic E-state index is 0.0847. The Morgan fingerprint density at radius 1 is 1.05 bits per heavy atom. The lowest BCUT2D eigenvalue weighted by Crippen LogP contribution is -2.53. The molecular weight excluding hydrogens is 280 g/mol. The second-order valence-electron chi connectivity index (χ2n) is 5.10. The number of primary amides is 2. The second-order valence-corrected chi connectivity index (χ2v) is 5.10. The molecule has 0 aliphatic carbocycles. The van der Waals surface area contributed by atoms with Crippen LogP contribution in [0.3, 0.4) is 0 Å². The average Bonchev–Trinajstić information content (AvgIpc) is 2.31. The van der Waals surface area contributed by atoms with Crippen molar-refractivity contribution in [2.45, 2.75) is 45.2 Å². The normalized spacial score (nSPS) is 13.3. The highest BCUT2D eigenvalue weighted by Gasteiger charge is 2.26. The number of carbonyl (C=O) groups excluding carboxylic acids is 3. The fourth-order valence-electron chi connectivity index (χ4n) is 1.69. The minimum Gasteiger partial charge on any atom is -0.480 e. The number of amides is 4. The van der Waals surface area contributed by atoms with E-state index in [1.807, 2.05) is 13.8 Å². The number of nitrogens with two attached hydrogens (primary N) is 2. The van der Waals surface area contributed by atoms with Crippen LogP contribution in [0.1, 0.15) is 33.1 Å². The molecule has 0 aromatic heterocycles. The van der Waals surface area contributed by atoms with Gasteiger partial charge in [-0.05, 0) is 18.8 Å².